The first kappa shape index (κ1) is 19.1. The van der Waals surface area contributed by atoms with Gasteiger partial charge in [0.25, 0.3) is 0 Å². The Kier molecular flexibility index (Phi) is 7.54. The van der Waals surface area contributed by atoms with E-state index in [1.165, 1.54) is 19.3 Å². The van der Waals surface area contributed by atoms with E-state index in [1.54, 1.807) is 20.8 Å². The molecule has 0 aliphatic heterocycles. The summed E-state index contributed by atoms with van der Waals surface area (Å²) < 4.78 is 23.3. The zero-order valence-corrected chi connectivity index (χ0v) is 15.3. The molecule has 1 heterocycles. The Morgan fingerprint density at radius 1 is 1.14 bits per heavy atom. The Morgan fingerprint density at radius 3 is 2.18 bits per heavy atom. The molecule has 1 aliphatic rings. The predicted octanol–water partition coefficient (Wildman–Crippen LogP) is 4.42. The van der Waals surface area contributed by atoms with Crippen LogP contribution in [0.15, 0.2) is 24.4 Å². The van der Waals surface area contributed by atoms with Gasteiger partial charge in [-0.3, -0.25) is 4.98 Å². The summed E-state index contributed by atoms with van der Waals surface area (Å²) in [7, 11) is -2.90. The molecule has 1 fully saturated rings. The molecule has 22 heavy (non-hydrogen) atoms. The van der Waals surface area contributed by atoms with Crippen molar-refractivity contribution in [1.29, 1.82) is 0 Å². The van der Waals surface area contributed by atoms with E-state index < -0.39 is 14.6 Å². The van der Waals surface area contributed by atoms with Gasteiger partial charge in [0.15, 0.2) is 9.84 Å². The van der Waals surface area contributed by atoms with Crippen molar-refractivity contribution < 1.29 is 8.42 Å². The van der Waals surface area contributed by atoms with Crippen LogP contribution in [-0.4, -0.2) is 23.9 Å². The molecule has 0 amide bonds. The quantitative estimate of drug-likeness (QED) is 0.826. The van der Waals surface area contributed by atoms with Gasteiger partial charge in [0.2, 0.25) is 0 Å². The van der Waals surface area contributed by atoms with Gasteiger partial charge in [-0.15, -0.1) is 0 Å². The smallest absolute Gasteiger partial charge is 0.155 e. The minimum Gasteiger partial charge on any atom is -0.261 e. The van der Waals surface area contributed by atoms with Crippen molar-refractivity contribution in [3.05, 3.63) is 30.1 Å². The lowest BCUT2D eigenvalue weighted by atomic mass is 9.91. The molecule has 0 aromatic carbocycles. The van der Waals surface area contributed by atoms with Gasteiger partial charge in [0, 0.05) is 11.9 Å². The lowest BCUT2D eigenvalue weighted by Crippen LogP contribution is -2.33. The highest BCUT2D eigenvalue weighted by atomic mass is 32.2. The van der Waals surface area contributed by atoms with Gasteiger partial charge in [0.05, 0.1) is 10.5 Å². The molecule has 3 nitrogen and oxygen atoms in total. The van der Waals surface area contributed by atoms with Crippen LogP contribution in [0, 0.1) is 5.92 Å². The third-order valence-electron chi connectivity index (χ3n) is 4.20. The average molecular weight is 326 g/mol. The lowest BCUT2D eigenvalue weighted by molar-refractivity contribution is 0.382. The van der Waals surface area contributed by atoms with E-state index in [1.807, 2.05) is 24.4 Å². The fourth-order valence-corrected chi connectivity index (χ4v) is 3.98. The summed E-state index contributed by atoms with van der Waals surface area (Å²) in [6.45, 7) is 7.49. The largest absolute Gasteiger partial charge is 0.261 e. The Morgan fingerprint density at radius 2 is 1.77 bits per heavy atom. The molecular weight excluding hydrogens is 294 g/mol. The van der Waals surface area contributed by atoms with Crippen molar-refractivity contribution >= 4 is 9.84 Å². The Hall–Kier alpha value is -0.900. The summed E-state index contributed by atoms with van der Waals surface area (Å²) >= 11 is 0. The van der Waals surface area contributed by atoms with Crippen LogP contribution < -0.4 is 0 Å². The number of rotatable bonds is 3. The molecular formula is C18H31NO2S. The maximum atomic E-state index is 11.9. The van der Waals surface area contributed by atoms with Crippen molar-refractivity contribution in [3.8, 4) is 0 Å². The van der Waals surface area contributed by atoms with Gasteiger partial charge >= 0.3 is 0 Å². The Labute approximate surface area is 136 Å². The van der Waals surface area contributed by atoms with Crippen LogP contribution in [0.5, 0.6) is 0 Å². The second-order valence-corrected chi connectivity index (χ2v) is 9.86. The minimum absolute atomic E-state index is 0.399. The van der Waals surface area contributed by atoms with Gasteiger partial charge in [-0.25, -0.2) is 8.42 Å². The molecule has 1 aliphatic carbocycles. The zero-order chi connectivity index (χ0) is 16.6. The molecule has 1 aromatic rings. The van der Waals surface area contributed by atoms with Crippen LogP contribution in [0.25, 0.3) is 0 Å². The third kappa shape index (κ3) is 6.47. The first-order valence-electron chi connectivity index (χ1n) is 8.38. The van der Waals surface area contributed by atoms with E-state index in [9.17, 15) is 8.42 Å². The third-order valence-corrected chi connectivity index (χ3v) is 6.98. The van der Waals surface area contributed by atoms with E-state index in [4.69, 9.17) is 0 Å². The number of sulfone groups is 1. The number of aromatic nitrogens is 1. The predicted molar refractivity (Wildman–Crippen MR) is 93.7 cm³/mol. The van der Waals surface area contributed by atoms with Crippen LogP contribution in [0.3, 0.4) is 0 Å². The van der Waals surface area contributed by atoms with Crippen molar-refractivity contribution in [2.45, 2.75) is 71.0 Å². The highest BCUT2D eigenvalue weighted by molar-refractivity contribution is 7.92. The lowest BCUT2D eigenvalue weighted by Gasteiger charge is -2.26. The Balaban J connectivity index is 0.000000255. The van der Waals surface area contributed by atoms with Crippen LogP contribution in [0.4, 0.5) is 0 Å². The first-order valence-corrected chi connectivity index (χ1v) is 10.0. The second-order valence-electron chi connectivity index (χ2n) is 7.07. The summed E-state index contributed by atoms with van der Waals surface area (Å²) in [5, 5.41) is 0. The minimum atomic E-state index is -2.90. The van der Waals surface area contributed by atoms with E-state index in [0.29, 0.717) is 11.7 Å². The molecule has 126 valence electrons. The normalized spacial score (nSPS) is 16.7. The highest BCUT2D eigenvalue weighted by Gasteiger charge is 2.31. The van der Waals surface area contributed by atoms with Crippen molar-refractivity contribution in [3.63, 3.8) is 0 Å². The van der Waals surface area contributed by atoms with Crippen LogP contribution >= 0.6 is 0 Å². The fourth-order valence-electron chi connectivity index (χ4n) is 2.52. The van der Waals surface area contributed by atoms with Crippen molar-refractivity contribution in [2.75, 3.05) is 5.75 Å². The van der Waals surface area contributed by atoms with Crippen molar-refractivity contribution in [2.24, 2.45) is 5.92 Å². The maximum absolute atomic E-state index is 11.9. The molecule has 0 radical (unpaired) electrons. The molecule has 0 N–H and O–H groups in total. The number of aryl methyl sites for hydroxylation is 1. The Bertz CT molecular complexity index is 512. The van der Waals surface area contributed by atoms with E-state index in [-0.39, 0.29) is 0 Å². The van der Waals surface area contributed by atoms with Gasteiger partial charge in [0.1, 0.15) is 0 Å². The molecule has 0 spiro atoms. The summed E-state index contributed by atoms with van der Waals surface area (Å²) in [5.41, 5.74) is 1.16. The number of hydrogen-bond donors (Lipinski definition) is 0. The van der Waals surface area contributed by atoms with E-state index in [2.05, 4.69) is 11.9 Å². The molecule has 1 aromatic heterocycles. The van der Waals surface area contributed by atoms with Gasteiger partial charge in [-0.05, 0) is 58.1 Å². The topological polar surface area (TPSA) is 47.0 Å². The van der Waals surface area contributed by atoms with Crippen molar-refractivity contribution in [1.82, 2.24) is 4.98 Å². The zero-order valence-electron chi connectivity index (χ0n) is 14.5. The number of pyridine rings is 1. The molecule has 0 atom stereocenters. The molecule has 0 saturated heterocycles. The van der Waals surface area contributed by atoms with Crippen LogP contribution in [0.1, 0.15) is 65.5 Å². The van der Waals surface area contributed by atoms with Crippen LogP contribution in [-0.2, 0) is 16.3 Å². The monoisotopic (exact) mass is 325 g/mol. The van der Waals surface area contributed by atoms with E-state index >= 15 is 0 Å². The summed E-state index contributed by atoms with van der Waals surface area (Å²) in [4.78, 5) is 4.10. The summed E-state index contributed by atoms with van der Waals surface area (Å²) in [6.07, 6.45) is 8.77. The SMILES string of the molecule is CC(C)(C)S(=O)(=O)CC1CCCCC1.CCc1ccccn1. The van der Waals surface area contributed by atoms with Gasteiger partial charge in [-0.2, -0.15) is 0 Å². The second kappa shape index (κ2) is 8.66. The fraction of sp³-hybridized carbons (Fsp3) is 0.722. The molecule has 0 unspecified atom stereocenters. The van der Waals surface area contributed by atoms with Gasteiger partial charge in [-0.1, -0.05) is 32.3 Å². The highest BCUT2D eigenvalue weighted by Crippen LogP contribution is 2.28. The molecule has 0 bridgehead atoms. The number of nitrogens with zero attached hydrogens (tertiary/aromatic N) is 1. The first-order chi connectivity index (χ1) is 10.3. The maximum Gasteiger partial charge on any atom is 0.155 e. The summed E-state index contributed by atoms with van der Waals surface area (Å²) in [5.74, 6) is 0.823. The molecule has 4 heteroatoms. The number of hydrogen-bond acceptors (Lipinski definition) is 3. The van der Waals surface area contributed by atoms with E-state index in [0.717, 1.165) is 25.0 Å². The summed E-state index contributed by atoms with van der Waals surface area (Å²) in [6, 6.07) is 5.96. The standard InChI is InChI=1S/C11H22O2S.C7H9N/c1-11(2,3)14(12,13)9-10-7-5-4-6-8-10;1-2-7-5-3-4-6-8-7/h10H,4-9H2,1-3H3;3-6H,2H2,1H3. The average Bonchev–Trinajstić information content (AvgIpc) is 2.48. The van der Waals surface area contributed by atoms with Gasteiger partial charge < -0.3 is 0 Å². The molecule has 2 rings (SSSR count). The molecule has 1 saturated carbocycles. The van der Waals surface area contributed by atoms with Crippen LogP contribution in [0.2, 0.25) is 0 Å².